The molecule has 0 radical (unpaired) electrons. The molecule has 1 fully saturated rings. The lowest BCUT2D eigenvalue weighted by molar-refractivity contribution is 0.310. The van der Waals surface area contributed by atoms with Crippen molar-refractivity contribution in [3.63, 3.8) is 0 Å². The molecule has 8 unspecified atom stereocenters. The van der Waals surface area contributed by atoms with Crippen LogP contribution in [0, 0.1) is 29.6 Å². The summed E-state index contributed by atoms with van der Waals surface area (Å²) in [5.41, 5.74) is 13.0. The Morgan fingerprint density at radius 1 is 0.722 bits per heavy atom. The van der Waals surface area contributed by atoms with Gasteiger partial charge in [-0.15, -0.1) is 0 Å². The Hall–Kier alpha value is -5.02. The zero-order chi connectivity index (χ0) is 35.6. The van der Waals surface area contributed by atoms with Crippen molar-refractivity contribution < 1.29 is 0 Å². The Bertz CT molecular complexity index is 2300. The second-order valence-electron chi connectivity index (χ2n) is 16.8. The van der Waals surface area contributed by atoms with Crippen molar-refractivity contribution in [2.45, 2.75) is 76.0 Å². The number of aromatic nitrogens is 1. The van der Waals surface area contributed by atoms with Gasteiger partial charge in [0.15, 0.2) is 0 Å². The van der Waals surface area contributed by atoms with Crippen LogP contribution in [0.15, 0.2) is 162 Å². The molecule has 11 rings (SSSR count). The van der Waals surface area contributed by atoms with E-state index in [2.05, 4.69) is 161 Å². The average molecular weight is 706 g/mol. The number of hydrogen-bond donors (Lipinski definition) is 1. The number of nitrogens with zero attached hydrogens (tertiary/aromatic N) is 2. The summed E-state index contributed by atoms with van der Waals surface area (Å²) in [7, 11) is 0. The highest BCUT2D eigenvalue weighted by Crippen LogP contribution is 2.48. The van der Waals surface area contributed by atoms with E-state index in [1.807, 2.05) is 0 Å². The number of benzene rings is 1. The van der Waals surface area contributed by atoms with Gasteiger partial charge in [0.05, 0.1) is 17.6 Å². The Morgan fingerprint density at radius 3 is 2.54 bits per heavy atom. The summed E-state index contributed by atoms with van der Waals surface area (Å²) >= 11 is 0. The third kappa shape index (κ3) is 5.37. The highest BCUT2D eigenvalue weighted by Gasteiger charge is 2.46. The highest BCUT2D eigenvalue weighted by molar-refractivity contribution is 5.95. The molecule has 1 aromatic heterocycles. The summed E-state index contributed by atoms with van der Waals surface area (Å²) < 4.78 is 2.67. The molecule has 1 aromatic carbocycles. The Balaban J connectivity index is 0.968. The standard InChI is InChI=1S/C51H51N3/c1-4-14-34(15-5-1)36-24-27-46-43(30-36)42(35-16-6-2-7-17-35)33-51(52-46)54-48-23-13-11-21-41(48)45-32-38(26-29-50(45)54)37-25-28-49-44(31-37)40-20-10-12-22-47(40)53(49)39-18-8-3-9-19-39/h1-2,4-6,8,10-12,14,18-22,24-29,31-35,40,43-44,47,49,51-52H,3,7,9,13,15-17,23,30H2. The fraction of sp³-hybridized carbons (Fsp3) is 0.333. The van der Waals surface area contributed by atoms with Crippen LogP contribution in [-0.2, 0) is 6.42 Å². The number of rotatable bonds is 5. The molecule has 7 aliphatic carbocycles. The summed E-state index contributed by atoms with van der Waals surface area (Å²) in [6.07, 6.45) is 60.8. The van der Waals surface area contributed by atoms with E-state index in [-0.39, 0.29) is 6.17 Å². The molecule has 1 N–H and O–H groups in total. The van der Waals surface area contributed by atoms with E-state index in [9.17, 15) is 0 Å². The number of likely N-dealkylation sites (tertiary alicyclic amines) is 1. The van der Waals surface area contributed by atoms with Crippen LogP contribution in [0.4, 0.5) is 0 Å². The predicted octanol–water partition coefficient (Wildman–Crippen LogP) is 11.5. The molecular weight excluding hydrogens is 655 g/mol. The zero-order valence-corrected chi connectivity index (χ0v) is 31.2. The molecule has 3 heteroatoms. The van der Waals surface area contributed by atoms with Gasteiger partial charge < -0.3 is 14.8 Å². The van der Waals surface area contributed by atoms with E-state index in [0.29, 0.717) is 41.7 Å². The van der Waals surface area contributed by atoms with Gasteiger partial charge in [0.2, 0.25) is 0 Å². The summed E-state index contributed by atoms with van der Waals surface area (Å²) in [4.78, 5) is 2.69. The molecule has 2 aliphatic heterocycles. The van der Waals surface area contributed by atoms with E-state index < -0.39 is 0 Å². The number of fused-ring (bicyclic) bond motifs is 7. The van der Waals surface area contributed by atoms with E-state index in [4.69, 9.17) is 0 Å². The molecule has 0 saturated carbocycles. The van der Waals surface area contributed by atoms with Crippen molar-refractivity contribution in [3.05, 3.63) is 179 Å². The van der Waals surface area contributed by atoms with Crippen LogP contribution >= 0.6 is 0 Å². The topological polar surface area (TPSA) is 20.2 Å². The molecule has 8 atom stereocenters. The Morgan fingerprint density at radius 2 is 1.65 bits per heavy atom. The molecule has 0 spiro atoms. The first kappa shape index (κ1) is 32.4. The van der Waals surface area contributed by atoms with E-state index in [1.165, 1.54) is 57.5 Å². The van der Waals surface area contributed by atoms with Crippen LogP contribution in [0.1, 0.15) is 74.4 Å². The van der Waals surface area contributed by atoms with Crippen LogP contribution < -0.4 is 5.32 Å². The van der Waals surface area contributed by atoms with Crippen LogP contribution in [0.25, 0.3) is 22.6 Å². The van der Waals surface area contributed by atoms with Gasteiger partial charge in [-0.25, -0.2) is 0 Å². The normalized spacial score (nSPS) is 33.0. The first-order chi connectivity index (χ1) is 26.8. The number of allylic oxidation sites excluding steroid dienone is 18. The summed E-state index contributed by atoms with van der Waals surface area (Å²) in [6.45, 7) is 0. The number of nitrogens with one attached hydrogen (secondary N) is 1. The Labute approximate surface area is 321 Å². The monoisotopic (exact) mass is 705 g/mol. The average Bonchev–Trinajstić information content (AvgIpc) is 3.76. The SMILES string of the molecule is C1=CCC(C2=CC=C3NC(n4c5c(c6cc(C7=CC8C9C=CC=CC9N(C9=CCCC=C9)C8C=C7)ccc64)C=CCC5)C=C(C4CC=CCC4)C3C2)C=C1. The zero-order valence-electron chi connectivity index (χ0n) is 31.2. The van der Waals surface area contributed by atoms with E-state index in [0.717, 1.165) is 44.9 Å². The molecular formula is C51H51N3. The van der Waals surface area contributed by atoms with Crippen LogP contribution in [0.3, 0.4) is 0 Å². The van der Waals surface area contributed by atoms with Gasteiger partial charge in [0, 0.05) is 51.7 Å². The van der Waals surface area contributed by atoms with Crippen molar-refractivity contribution in [1.29, 1.82) is 0 Å². The van der Waals surface area contributed by atoms with Gasteiger partial charge in [-0.05, 0) is 105 Å². The molecule has 54 heavy (non-hydrogen) atoms. The van der Waals surface area contributed by atoms with Crippen LogP contribution in [-0.4, -0.2) is 21.6 Å². The van der Waals surface area contributed by atoms with E-state index >= 15 is 0 Å². The fourth-order valence-corrected chi connectivity index (χ4v) is 11.3. The van der Waals surface area contributed by atoms with Gasteiger partial charge in [-0.3, -0.25) is 0 Å². The largest absolute Gasteiger partial charge is 0.365 e. The third-order valence-corrected chi connectivity index (χ3v) is 13.9. The lowest BCUT2D eigenvalue weighted by Gasteiger charge is -2.41. The lowest BCUT2D eigenvalue weighted by Crippen LogP contribution is -2.37. The minimum Gasteiger partial charge on any atom is -0.365 e. The van der Waals surface area contributed by atoms with Crippen molar-refractivity contribution in [2.75, 3.05) is 0 Å². The molecule has 1 saturated heterocycles. The predicted molar refractivity (Wildman–Crippen MR) is 225 cm³/mol. The molecule has 3 nitrogen and oxygen atoms in total. The van der Waals surface area contributed by atoms with Crippen molar-refractivity contribution in [2.24, 2.45) is 29.6 Å². The second kappa shape index (κ2) is 13.4. The maximum atomic E-state index is 4.13. The number of hydrogen-bond acceptors (Lipinski definition) is 2. The highest BCUT2D eigenvalue weighted by atomic mass is 15.2. The third-order valence-electron chi connectivity index (χ3n) is 13.9. The summed E-state index contributed by atoms with van der Waals surface area (Å²) in [5, 5.41) is 5.52. The van der Waals surface area contributed by atoms with Crippen LogP contribution in [0.5, 0.6) is 0 Å². The quantitative estimate of drug-likeness (QED) is 0.313. The summed E-state index contributed by atoms with van der Waals surface area (Å²) in [5.74, 6) is 2.51. The van der Waals surface area contributed by atoms with Gasteiger partial charge in [-0.1, -0.05) is 127 Å². The molecule has 9 aliphatic rings. The fourth-order valence-electron chi connectivity index (χ4n) is 11.3. The molecule has 270 valence electrons. The van der Waals surface area contributed by atoms with Crippen molar-refractivity contribution in [1.82, 2.24) is 14.8 Å². The molecule has 3 heterocycles. The van der Waals surface area contributed by atoms with Gasteiger partial charge in [-0.2, -0.15) is 0 Å². The minimum absolute atomic E-state index is 0.106. The minimum atomic E-state index is 0.106. The molecule has 2 aromatic rings. The maximum Gasteiger partial charge on any atom is 0.123 e. The lowest BCUT2D eigenvalue weighted by atomic mass is 9.72. The Kier molecular flexibility index (Phi) is 8.03. The smallest absolute Gasteiger partial charge is 0.123 e. The van der Waals surface area contributed by atoms with Crippen molar-refractivity contribution >= 4 is 22.6 Å². The van der Waals surface area contributed by atoms with Gasteiger partial charge in [0.25, 0.3) is 0 Å². The van der Waals surface area contributed by atoms with Crippen LogP contribution in [0.2, 0.25) is 0 Å². The van der Waals surface area contributed by atoms with E-state index in [1.54, 1.807) is 11.1 Å². The van der Waals surface area contributed by atoms with Gasteiger partial charge >= 0.3 is 0 Å². The summed E-state index contributed by atoms with van der Waals surface area (Å²) in [6, 6.07) is 8.13. The first-order valence-corrected chi connectivity index (χ1v) is 20.9. The second-order valence-corrected chi connectivity index (χ2v) is 16.8. The first-order valence-electron chi connectivity index (χ1n) is 20.9. The maximum absolute atomic E-state index is 4.13. The van der Waals surface area contributed by atoms with Gasteiger partial charge in [0.1, 0.15) is 6.17 Å². The molecule has 0 bridgehead atoms. The molecule has 0 amide bonds. The van der Waals surface area contributed by atoms with Crippen molar-refractivity contribution in [3.8, 4) is 0 Å².